The Morgan fingerprint density at radius 1 is 1.00 bits per heavy atom. The maximum atomic E-state index is 12.2. The molecule has 0 aliphatic heterocycles. The van der Waals surface area contributed by atoms with E-state index < -0.39 is 16.5 Å². The molecule has 1 N–H and O–H groups in total. The highest BCUT2D eigenvalue weighted by atomic mass is 16.2. The van der Waals surface area contributed by atoms with Gasteiger partial charge in [0.15, 0.2) is 0 Å². The van der Waals surface area contributed by atoms with Crippen LogP contribution in [0.15, 0.2) is 4.99 Å². The molecule has 116 valence electrons. The summed E-state index contributed by atoms with van der Waals surface area (Å²) in [6, 6.07) is 0. The first-order valence-corrected chi connectivity index (χ1v) is 7.06. The number of rotatable bonds is 5. The summed E-state index contributed by atoms with van der Waals surface area (Å²) in [6.45, 7) is 17.7. The third-order valence-electron chi connectivity index (χ3n) is 4.02. The van der Waals surface area contributed by atoms with Crippen LogP contribution in [-0.4, -0.2) is 23.1 Å². The molecule has 0 aromatic rings. The average Bonchev–Trinajstić information content (AvgIpc) is 2.12. The van der Waals surface area contributed by atoms with Crippen LogP contribution in [0, 0.1) is 10.8 Å². The van der Waals surface area contributed by atoms with Gasteiger partial charge in [-0.15, -0.1) is 0 Å². The van der Waals surface area contributed by atoms with Crippen LogP contribution >= 0.6 is 0 Å². The van der Waals surface area contributed by atoms with E-state index in [2.05, 4.69) is 24.2 Å². The number of nitrogens with zero attached hydrogens (tertiary/aromatic N) is 1. The lowest BCUT2D eigenvalue weighted by molar-refractivity contribution is -0.131. The van der Waals surface area contributed by atoms with Crippen molar-refractivity contribution in [2.24, 2.45) is 15.8 Å². The van der Waals surface area contributed by atoms with Gasteiger partial charge in [-0.05, 0) is 39.5 Å². The van der Waals surface area contributed by atoms with Crippen LogP contribution in [0.2, 0.25) is 0 Å². The zero-order valence-electron chi connectivity index (χ0n) is 14.5. The van der Waals surface area contributed by atoms with Crippen molar-refractivity contribution in [3.05, 3.63) is 0 Å². The molecule has 0 spiro atoms. The zero-order valence-corrected chi connectivity index (χ0v) is 14.5. The number of amides is 1. The predicted octanol–water partition coefficient (Wildman–Crippen LogP) is 3.46. The van der Waals surface area contributed by atoms with Crippen molar-refractivity contribution in [3.8, 4) is 0 Å². The second-order valence-corrected chi connectivity index (χ2v) is 8.41. The van der Waals surface area contributed by atoms with E-state index in [1.165, 1.54) is 0 Å². The number of hydrogen-bond acceptors (Lipinski definition) is 3. The van der Waals surface area contributed by atoms with Gasteiger partial charge in [-0.2, -0.15) is 4.99 Å². The molecule has 0 aromatic carbocycles. The van der Waals surface area contributed by atoms with E-state index in [4.69, 9.17) is 0 Å². The molecule has 0 aliphatic rings. The van der Waals surface area contributed by atoms with Gasteiger partial charge in [0.1, 0.15) is 0 Å². The van der Waals surface area contributed by atoms with E-state index >= 15 is 0 Å². The van der Waals surface area contributed by atoms with Crippen LogP contribution in [0.3, 0.4) is 0 Å². The van der Waals surface area contributed by atoms with Gasteiger partial charge in [-0.3, -0.25) is 4.79 Å². The van der Waals surface area contributed by atoms with E-state index in [1.54, 1.807) is 6.08 Å². The Labute approximate surface area is 123 Å². The highest BCUT2D eigenvalue weighted by molar-refractivity contribution is 5.82. The van der Waals surface area contributed by atoms with Crippen LogP contribution in [-0.2, 0) is 9.59 Å². The topological polar surface area (TPSA) is 58.5 Å². The minimum atomic E-state index is -0.491. The summed E-state index contributed by atoms with van der Waals surface area (Å²) in [7, 11) is 0. The van der Waals surface area contributed by atoms with Gasteiger partial charge in [-0.25, -0.2) is 4.79 Å². The molecule has 0 radical (unpaired) electrons. The molecular weight excluding hydrogens is 252 g/mol. The summed E-state index contributed by atoms with van der Waals surface area (Å²) in [5.74, 6) is 0.0206. The molecule has 0 unspecified atom stereocenters. The van der Waals surface area contributed by atoms with Crippen LogP contribution in [0.25, 0.3) is 0 Å². The Balaban J connectivity index is 5.17. The molecule has 0 aromatic heterocycles. The first-order chi connectivity index (χ1) is 8.65. The van der Waals surface area contributed by atoms with Crippen molar-refractivity contribution in [2.45, 2.75) is 79.8 Å². The molecule has 4 nitrogen and oxygen atoms in total. The third-order valence-corrected chi connectivity index (χ3v) is 4.02. The molecule has 0 fully saturated rings. The van der Waals surface area contributed by atoms with Crippen molar-refractivity contribution >= 4 is 12.0 Å². The Morgan fingerprint density at radius 3 is 1.80 bits per heavy atom. The maximum absolute atomic E-state index is 12.2. The van der Waals surface area contributed by atoms with E-state index in [0.29, 0.717) is 6.42 Å². The fourth-order valence-corrected chi connectivity index (χ4v) is 2.11. The molecule has 1 amide bonds. The smallest absolute Gasteiger partial charge is 0.235 e. The monoisotopic (exact) mass is 282 g/mol. The summed E-state index contributed by atoms with van der Waals surface area (Å²) < 4.78 is 0. The van der Waals surface area contributed by atoms with Gasteiger partial charge in [0.25, 0.3) is 0 Å². The molecule has 0 heterocycles. The summed E-state index contributed by atoms with van der Waals surface area (Å²) >= 11 is 0. The van der Waals surface area contributed by atoms with Crippen molar-refractivity contribution in [1.82, 2.24) is 5.32 Å². The lowest BCUT2D eigenvalue weighted by Crippen LogP contribution is -2.57. The highest BCUT2D eigenvalue weighted by Crippen LogP contribution is 2.39. The fraction of sp³-hybridized carbons (Fsp3) is 0.875. The van der Waals surface area contributed by atoms with E-state index in [1.807, 2.05) is 48.5 Å². The van der Waals surface area contributed by atoms with Gasteiger partial charge in [0.05, 0.1) is 5.54 Å². The number of carbonyl (C=O) groups is 1. The lowest BCUT2D eigenvalue weighted by atomic mass is 9.67. The predicted molar refractivity (Wildman–Crippen MR) is 82.3 cm³/mol. The Morgan fingerprint density at radius 2 is 1.45 bits per heavy atom. The van der Waals surface area contributed by atoms with Crippen molar-refractivity contribution in [1.29, 1.82) is 0 Å². The van der Waals surface area contributed by atoms with Gasteiger partial charge in [0.2, 0.25) is 12.0 Å². The van der Waals surface area contributed by atoms with E-state index in [9.17, 15) is 9.59 Å². The number of isocyanates is 1. The highest BCUT2D eigenvalue weighted by Gasteiger charge is 2.43. The number of carbonyl (C=O) groups excluding carboxylic acids is 2. The first kappa shape index (κ1) is 18.9. The summed E-state index contributed by atoms with van der Waals surface area (Å²) in [6.07, 6.45) is 2.31. The van der Waals surface area contributed by atoms with Crippen LogP contribution < -0.4 is 5.32 Å². The summed E-state index contributed by atoms with van der Waals surface area (Å²) in [5.41, 5.74) is -1.55. The Kier molecular flexibility index (Phi) is 5.36. The number of nitrogens with one attached hydrogen (secondary N) is 1. The largest absolute Gasteiger partial charge is 0.350 e. The van der Waals surface area contributed by atoms with Crippen LogP contribution in [0.5, 0.6) is 0 Å². The van der Waals surface area contributed by atoms with E-state index in [-0.39, 0.29) is 11.3 Å². The Bertz CT molecular complexity index is 409. The van der Waals surface area contributed by atoms with Crippen molar-refractivity contribution in [2.75, 3.05) is 0 Å². The second kappa shape index (κ2) is 5.69. The molecule has 0 bridgehead atoms. The SMILES string of the molecule is CC(C)(CC(C)(C)C(C)(C)NC(=O)C(C)(C)C)N=C=O. The summed E-state index contributed by atoms with van der Waals surface area (Å²) in [4.78, 5) is 26.6. The quantitative estimate of drug-likeness (QED) is 0.620. The minimum absolute atomic E-state index is 0.0206. The van der Waals surface area contributed by atoms with Crippen LogP contribution in [0.1, 0.15) is 68.7 Å². The second-order valence-electron chi connectivity index (χ2n) is 8.41. The molecular formula is C16H30N2O2. The average molecular weight is 282 g/mol. The normalized spacial score (nSPS) is 13.7. The molecule has 4 heteroatoms. The van der Waals surface area contributed by atoms with Gasteiger partial charge >= 0.3 is 0 Å². The molecule has 0 rings (SSSR count). The van der Waals surface area contributed by atoms with Gasteiger partial charge in [0, 0.05) is 11.0 Å². The first-order valence-electron chi connectivity index (χ1n) is 7.06. The van der Waals surface area contributed by atoms with Gasteiger partial charge < -0.3 is 5.32 Å². The van der Waals surface area contributed by atoms with Gasteiger partial charge in [-0.1, -0.05) is 34.6 Å². The summed E-state index contributed by atoms with van der Waals surface area (Å²) in [5, 5.41) is 3.12. The van der Waals surface area contributed by atoms with Crippen molar-refractivity contribution in [3.63, 3.8) is 0 Å². The minimum Gasteiger partial charge on any atom is -0.350 e. The molecule has 0 saturated carbocycles. The molecule has 0 aliphatic carbocycles. The third kappa shape index (κ3) is 5.09. The van der Waals surface area contributed by atoms with Crippen LogP contribution in [0.4, 0.5) is 0 Å². The van der Waals surface area contributed by atoms with E-state index in [0.717, 1.165) is 0 Å². The lowest BCUT2D eigenvalue weighted by Gasteiger charge is -2.46. The Hall–Kier alpha value is -1.15. The zero-order chi connectivity index (χ0) is 16.4. The molecule has 0 saturated heterocycles. The number of hydrogen-bond donors (Lipinski definition) is 1. The number of aliphatic imine (C=N–C) groups is 1. The standard InChI is InChI=1S/C16H30N2O2/c1-13(2,3)12(20)18-16(8,9)14(4,5)10-15(6,7)17-11-19/h10H2,1-9H3,(H,18,20). The molecule has 20 heavy (non-hydrogen) atoms. The maximum Gasteiger partial charge on any atom is 0.235 e. The fourth-order valence-electron chi connectivity index (χ4n) is 2.11. The molecule has 0 atom stereocenters. The van der Waals surface area contributed by atoms with Crippen molar-refractivity contribution < 1.29 is 9.59 Å².